The highest BCUT2D eigenvalue weighted by Crippen LogP contribution is 2.29. The van der Waals surface area contributed by atoms with Crippen molar-refractivity contribution >= 4 is 0 Å². The lowest BCUT2D eigenvalue weighted by Crippen LogP contribution is -1.91. The summed E-state index contributed by atoms with van der Waals surface area (Å²) in [7, 11) is 0. The van der Waals surface area contributed by atoms with E-state index in [9.17, 15) is 0 Å². The normalized spacial score (nSPS) is 27.1. The molecule has 1 aliphatic carbocycles. The Bertz CT molecular complexity index is 182. The monoisotopic (exact) mass is 122 g/mol. The molecular formula is C9H14. The molecule has 0 aromatic rings. The fraction of sp³-hybridized carbons (Fsp3) is 0.556. The van der Waals surface area contributed by atoms with Gasteiger partial charge in [-0.1, -0.05) is 29.7 Å². The molecule has 0 aromatic heterocycles. The summed E-state index contributed by atoms with van der Waals surface area (Å²) in [6.07, 6.45) is 2.28. The van der Waals surface area contributed by atoms with E-state index in [4.69, 9.17) is 0 Å². The van der Waals surface area contributed by atoms with Crippen LogP contribution in [0.5, 0.6) is 0 Å². The smallest absolute Gasteiger partial charge is 0.00180 e. The molecule has 0 radical (unpaired) electrons. The molecule has 0 heteroatoms. The molecule has 0 aromatic carbocycles. The highest BCUT2D eigenvalue weighted by Gasteiger charge is 2.13. The molecule has 0 nitrogen and oxygen atoms in total. The van der Waals surface area contributed by atoms with E-state index in [2.05, 4.69) is 33.8 Å². The van der Waals surface area contributed by atoms with Gasteiger partial charge in [-0.2, -0.15) is 0 Å². The van der Waals surface area contributed by atoms with Gasteiger partial charge in [0.1, 0.15) is 0 Å². The van der Waals surface area contributed by atoms with Gasteiger partial charge < -0.3 is 0 Å². The van der Waals surface area contributed by atoms with Crippen LogP contribution < -0.4 is 0 Å². The molecule has 9 heavy (non-hydrogen) atoms. The Labute approximate surface area is 57.3 Å². The van der Waals surface area contributed by atoms with Gasteiger partial charge in [-0.05, 0) is 26.7 Å². The second-order valence-electron chi connectivity index (χ2n) is 2.98. The average molecular weight is 122 g/mol. The molecule has 0 aliphatic heterocycles. The zero-order chi connectivity index (χ0) is 7.02. The van der Waals surface area contributed by atoms with Crippen molar-refractivity contribution in [1.29, 1.82) is 0 Å². The largest absolute Gasteiger partial charge is 0.0662 e. The van der Waals surface area contributed by atoms with Gasteiger partial charge in [-0.25, -0.2) is 0 Å². The zero-order valence-corrected chi connectivity index (χ0v) is 6.65. The summed E-state index contributed by atoms with van der Waals surface area (Å²) in [4.78, 5) is 0. The van der Waals surface area contributed by atoms with E-state index in [1.807, 2.05) is 0 Å². The Kier molecular flexibility index (Phi) is 1.48. The molecule has 1 unspecified atom stereocenters. The summed E-state index contributed by atoms with van der Waals surface area (Å²) < 4.78 is 0. The summed E-state index contributed by atoms with van der Waals surface area (Å²) in [5.41, 5.74) is 4.50. The van der Waals surface area contributed by atoms with Crippen molar-refractivity contribution in [3.05, 3.63) is 22.8 Å². The van der Waals surface area contributed by atoms with Gasteiger partial charge in [0, 0.05) is 0 Å². The Morgan fingerprint density at radius 3 is 1.89 bits per heavy atom. The van der Waals surface area contributed by atoms with Gasteiger partial charge in [-0.15, -0.1) is 0 Å². The maximum Gasteiger partial charge on any atom is -0.00180 e. The Morgan fingerprint density at radius 2 is 1.78 bits per heavy atom. The van der Waals surface area contributed by atoms with Crippen LogP contribution in [-0.2, 0) is 0 Å². The van der Waals surface area contributed by atoms with E-state index in [1.165, 1.54) is 16.7 Å². The van der Waals surface area contributed by atoms with E-state index in [1.54, 1.807) is 0 Å². The molecule has 0 bridgehead atoms. The highest BCUT2D eigenvalue weighted by atomic mass is 14.2. The first-order chi connectivity index (χ1) is 4.13. The van der Waals surface area contributed by atoms with Crippen LogP contribution in [0.3, 0.4) is 0 Å². The van der Waals surface area contributed by atoms with Gasteiger partial charge in [0.15, 0.2) is 0 Å². The van der Waals surface area contributed by atoms with E-state index in [-0.39, 0.29) is 0 Å². The number of hydrogen-bond acceptors (Lipinski definition) is 0. The maximum atomic E-state index is 2.28. The fourth-order valence-corrected chi connectivity index (χ4v) is 1.26. The number of hydrogen-bond donors (Lipinski definition) is 0. The summed E-state index contributed by atoms with van der Waals surface area (Å²) in [5, 5.41) is 0. The van der Waals surface area contributed by atoms with Crippen LogP contribution in [0, 0.1) is 5.92 Å². The van der Waals surface area contributed by atoms with Crippen molar-refractivity contribution in [1.82, 2.24) is 0 Å². The quantitative estimate of drug-likeness (QED) is 0.463. The van der Waals surface area contributed by atoms with Crippen LogP contribution >= 0.6 is 0 Å². The first-order valence-corrected chi connectivity index (χ1v) is 3.48. The van der Waals surface area contributed by atoms with Crippen LogP contribution in [0.2, 0.25) is 0 Å². The molecule has 0 saturated heterocycles. The van der Waals surface area contributed by atoms with Crippen molar-refractivity contribution in [2.45, 2.75) is 27.7 Å². The lowest BCUT2D eigenvalue weighted by Gasteiger charge is -2.05. The van der Waals surface area contributed by atoms with Crippen LogP contribution in [0.15, 0.2) is 22.8 Å². The van der Waals surface area contributed by atoms with E-state index >= 15 is 0 Å². The first kappa shape index (κ1) is 6.60. The SMILES string of the molecule is CC1=CC(C)=C(C)C1C. The first-order valence-electron chi connectivity index (χ1n) is 3.48. The van der Waals surface area contributed by atoms with Gasteiger partial charge >= 0.3 is 0 Å². The lowest BCUT2D eigenvalue weighted by atomic mass is 10.0. The van der Waals surface area contributed by atoms with Gasteiger partial charge in [-0.3, -0.25) is 0 Å². The Balaban J connectivity index is 2.92. The molecule has 0 amide bonds. The summed E-state index contributed by atoms with van der Waals surface area (Å²) in [5.74, 6) is 0.699. The summed E-state index contributed by atoms with van der Waals surface area (Å²) in [6, 6.07) is 0. The van der Waals surface area contributed by atoms with Crippen LogP contribution in [0.4, 0.5) is 0 Å². The molecule has 0 N–H and O–H groups in total. The van der Waals surface area contributed by atoms with Crippen LogP contribution in [0.1, 0.15) is 27.7 Å². The third kappa shape index (κ3) is 0.937. The summed E-state index contributed by atoms with van der Waals surface area (Å²) >= 11 is 0. The molecule has 0 fully saturated rings. The molecule has 1 atom stereocenters. The van der Waals surface area contributed by atoms with Crippen molar-refractivity contribution < 1.29 is 0 Å². The molecule has 0 spiro atoms. The molecular weight excluding hydrogens is 108 g/mol. The van der Waals surface area contributed by atoms with Crippen molar-refractivity contribution in [3.8, 4) is 0 Å². The number of allylic oxidation sites excluding steroid dienone is 4. The van der Waals surface area contributed by atoms with Crippen LogP contribution in [-0.4, -0.2) is 0 Å². The van der Waals surface area contributed by atoms with Crippen molar-refractivity contribution in [2.75, 3.05) is 0 Å². The second kappa shape index (κ2) is 2.02. The Hall–Kier alpha value is -0.520. The van der Waals surface area contributed by atoms with Gasteiger partial charge in [0.2, 0.25) is 0 Å². The highest BCUT2D eigenvalue weighted by molar-refractivity contribution is 5.38. The van der Waals surface area contributed by atoms with Gasteiger partial charge in [0.25, 0.3) is 0 Å². The summed E-state index contributed by atoms with van der Waals surface area (Å²) in [6.45, 7) is 8.86. The second-order valence-corrected chi connectivity index (χ2v) is 2.98. The van der Waals surface area contributed by atoms with E-state index in [0.29, 0.717) is 5.92 Å². The minimum absolute atomic E-state index is 0.699. The zero-order valence-electron chi connectivity index (χ0n) is 6.65. The predicted molar refractivity (Wildman–Crippen MR) is 41.3 cm³/mol. The molecule has 0 saturated carbocycles. The fourth-order valence-electron chi connectivity index (χ4n) is 1.26. The van der Waals surface area contributed by atoms with Crippen LogP contribution in [0.25, 0.3) is 0 Å². The minimum Gasteiger partial charge on any atom is -0.0662 e. The maximum absolute atomic E-state index is 2.28. The predicted octanol–water partition coefficient (Wildman–Crippen LogP) is 2.92. The van der Waals surface area contributed by atoms with Crippen molar-refractivity contribution in [3.63, 3.8) is 0 Å². The third-order valence-corrected chi connectivity index (χ3v) is 2.40. The standard InChI is InChI=1S/C9H14/c1-6-5-7(2)9(4)8(6)3/h5,8H,1-4H3. The number of rotatable bonds is 0. The molecule has 50 valence electrons. The topological polar surface area (TPSA) is 0 Å². The van der Waals surface area contributed by atoms with E-state index < -0.39 is 0 Å². The molecule has 1 rings (SSSR count). The Morgan fingerprint density at radius 1 is 1.22 bits per heavy atom. The third-order valence-electron chi connectivity index (χ3n) is 2.40. The molecule has 1 aliphatic rings. The van der Waals surface area contributed by atoms with Gasteiger partial charge in [0.05, 0.1) is 0 Å². The lowest BCUT2D eigenvalue weighted by molar-refractivity contribution is 0.817. The van der Waals surface area contributed by atoms with E-state index in [0.717, 1.165) is 0 Å². The molecule has 0 heterocycles. The van der Waals surface area contributed by atoms with Crippen molar-refractivity contribution in [2.24, 2.45) is 5.92 Å². The average Bonchev–Trinajstić information content (AvgIpc) is 1.98. The minimum atomic E-state index is 0.699.